The SMILES string of the molecule is CCNC(=O)C(Cc1ccccc1)N(Cc1ccc(F)cc1)C(=O)CN(c1cc(Cl)ccc1Cl)S(C)(=O)=O. The van der Waals surface area contributed by atoms with Crippen LogP contribution in [0, 0.1) is 5.82 Å². The molecule has 2 amide bonds. The second kappa shape index (κ2) is 13.1. The molecule has 1 atom stereocenters. The average molecular weight is 581 g/mol. The zero-order chi connectivity index (χ0) is 27.9. The standard InChI is InChI=1S/C27H28Cl2FN3O4S/c1-3-31-27(35)25(15-19-7-5-4-6-8-19)32(17-20-9-12-22(30)13-10-20)26(34)18-33(38(2,36)37)24-16-21(28)11-14-23(24)29/h4-14,16,25H,3,15,17-18H2,1-2H3,(H,31,35). The molecule has 3 aromatic rings. The van der Waals surface area contributed by atoms with Crippen LogP contribution in [0.15, 0.2) is 72.8 Å². The second-order valence-corrected chi connectivity index (χ2v) is 11.4. The van der Waals surface area contributed by atoms with Crippen molar-refractivity contribution in [3.63, 3.8) is 0 Å². The van der Waals surface area contributed by atoms with E-state index in [-0.39, 0.29) is 28.7 Å². The monoisotopic (exact) mass is 579 g/mol. The van der Waals surface area contributed by atoms with Crippen LogP contribution in [0.25, 0.3) is 0 Å². The number of sulfonamides is 1. The molecule has 1 unspecified atom stereocenters. The van der Waals surface area contributed by atoms with E-state index < -0.39 is 40.2 Å². The summed E-state index contributed by atoms with van der Waals surface area (Å²) >= 11 is 12.4. The van der Waals surface area contributed by atoms with Crippen molar-refractivity contribution < 1.29 is 22.4 Å². The minimum atomic E-state index is -3.99. The summed E-state index contributed by atoms with van der Waals surface area (Å²) < 4.78 is 40.0. The molecular formula is C27H28Cl2FN3O4S. The van der Waals surface area contributed by atoms with Crippen LogP contribution in [0.5, 0.6) is 0 Å². The van der Waals surface area contributed by atoms with Crippen molar-refractivity contribution in [3.05, 3.63) is 99.8 Å². The number of halogens is 3. The summed E-state index contributed by atoms with van der Waals surface area (Å²) in [5.41, 5.74) is 1.40. The molecule has 0 heterocycles. The largest absolute Gasteiger partial charge is 0.355 e. The highest BCUT2D eigenvalue weighted by Gasteiger charge is 2.33. The Hall–Kier alpha value is -3.14. The van der Waals surface area contributed by atoms with Gasteiger partial charge in [-0.1, -0.05) is 65.7 Å². The van der Waals surface area contributed by atoms with Crippen LogP contribution in [0.4, 0.5) is 10.1 Å². The maximum atomic E-state index is 13.9. The van der Waals surface area contributed by atoms with Gasteiger partial charge in [0.25, 0.3) is 0 Å². The first kappa shape index (κ1) is 29.4. The third-order valence-corrected chi connectivity index (χ3v) is 7.43. The topological polar surface area (TPSA) is 86.8 Å². The van der Waals surface area contributed by atoms with E-state index in [1.165, 1.54) is 47.4 Å². The Balaban J connectivity index is 2.06. The van der Waals surface area contributed by atoms with Gasteiger partial charge in [-0.3, -0.25) is 13.9 Å². The highest BCUT2D eigenvalue weighted by atomic mass is 35.5. The lowest BCUT2D eigenvalue weighted by Crippen LogP contribution is -2.53. The molecule has 202 valence electrons. The highest BCUT2D eigenvalue weighted by Crippen LogP contribution is 2.31. The van der Waals surface area contributed by atoms with Gasteiger partial charge in [0.05, 0.1) is 17.0 Å². The van der Waals surface area contributed by atoms with Crippen LogP contribution in [0.1, 0.15) is 18.1 Å². The number of benzene rings is 3. The summed E-state index contributed by atoms with van der Waals surface area (Å²) in [6, 6.07) is 18.0. The minimum absolute atomic E-state index is 0.0365. The Morgan fingerprint density at radius 1 is 0.974 bits per heavy atom. The van der Waals surface area contributed by atoms with E-state index in [4.69, 9.17) is 23.2 Å². The molecule has 0 bridgehead atoms. The Labute approximate surface area is 232 Å². The minimum Gasteiger partial charge on any atom is -0.355 e. The first-order valence-corrected chi connectivity index (χ1v) is 14.4. The van der Waals surface area contributed by atoms with Crippen molar-refractivity contribution >= 4 is 50.7 Å². The molecule has 11 heteroatoms. The molecule has 0 aliphatic rings. The number of carbonyl (C=O) groups is 2. The first-order chi connectivity index (χ1) is 18.0. The predicted octanol–water partition coefficient (Wildman–Crippen LogP) is 4.67. The van der Waals surface area contributed by atoms with Gasteiger partial charge in [0.2, 0.25) is 21.8 Å². The summed E-state index contributed by atoms with van der Waals surface area (Å²) in [6.07, 6.45) is 1.13. The van der Waals surface area contributed by atoms with Crippen molar-refractivity contribution in [1.29, 1.82) is 0 Å². The van der Waals surface area contributed by atoms with E-state index in [0.29, 0.717) is 12.1 Å². The predicted molar refractivity (Wildman–Crippen MR) is 148 cm³/mol. The maximum Gasteiger partial charge on any atom is 0.244 e. The van der Waals surface area contributed by atoms with Crippen LogP contribution in [-0.4, -0.2) is 50.5 Å². The first-order valence-electron chi connectivity index (χ1n) is 11.8. The van der Waals surface area contributed by atoms with Crippen molar-refractivity contribution in [3.8, 4) is 0 Å². The van der Waals surface area contributed by atoms with E-state index in [1.807, 2.05) is 30.3 Å². The van der Waals surface area contributed by atoms with Gasteiger partial charge in [-0.2, -0.15) is 0 Å². The third-order valence-electron chi connectivity index (χ3n) is 5.74. The fourth-order valence-corrected chi connectivity index (χ4v) is 5.19. The number of nitrogens with one attached hydrogen (secondary N) is 1. The van der Waals surface area contributed by atoms with Gasteiger partial charge < -0.3 is 10.2 Å². The number of nitrogens with zero attached hydrogens (tertiary/aromatic N) is 2. The summed E-state index contributed by atoms with van der Waals surface area (Å²) in [6.45, 7) is 1.39. The van der Waals surface area contributed by atoms with Crippen LogP contribution < -0.4 is 9.62 Å². The van der Waals surface area contributed by atoms with Crippen molar-refractivity contribution in [2.45, 2.75) is 25.9 Å². The zero-order valence-corrected chi connectivity index (χ0v) is 23.2. The molecular weight excluding hydrogens is 552 g/mol. The molecule has 0 spiro atoms. The Morgan fingerprint density at radius 2 is 1.63 bits per heavy atom. The number of amides is 2. The normalized spacial score (nSPS) is 12.0. The van der Waals surface area contributed by atoms with E-state index in [0.717, 1.165) is 16.1 Å². The van der Waals surface area contributed by atoms with Gasteiger partial charge in [0, 0.05) is 24.5 Å². The van der Waals surface area contributed by atoms with Crippen LogP contribution in [0.3, 0.4) is 0 Å². The van der Waals surface area contributed by atoms with Gasteiger partial charge in [-0.15, -0.1) is 0 Å². The Morgan fingerprint density at radius 3 is 2.24 bits per heavy atom. The summed E-state index contributed by atoms with van der Waals surface area (Å²) in [4.78, 5) is 28.4. The zero-order valence-electron chi connectivity index (χ0n) is 20.9. The Bertz CT molecular complexity index is 1370. The number of likely N-dealkylation sites (N-methyl/N-ethyl adjacent to an activating group) is 1. The van der Waals surface area contributed by atoms with Gasteiger partial charge in [0.15, 0.2) is 0 Å². The molecule has 1 N–H and O–H groups in total. The van der Waals surface area contributed by atoms with E-state index in [2.05, 4.69) is 5.32 Å². The van der Waals surface area contributed by atoms with Gasteiger partial charge in [-0.05, 0) is 48.4 Å². The van der Waals surface area contributed by atoms with E-state index >= 15 is 0 Å². The average Bonchev–Trinajstić information content (AvgIpc) is 2.87. The van der Waals surface area contributed by atoms with E-state index in [9.17, 15) is 22.4 Å². The molecule has 7 nitrogen and oxygen atoms in total. The lowest BCUT2D eigenvalue weighted by Gasteiger charge is -2.33. The summed E-state index contributed by atoms with van der Waals surface area (Å²) in [7, 11) is -3.99. The molecule has 0 saturated carbocycles. The molecule has 0 aliphatic heterocycles. The number of anilines is 1. The fraction of sp³-hybridized carbons (Fsp3) is 0.259. The quantitative estimate of drug-likeness (QED) is 0.357. The molecule has 0 aliphatic carbocycles. The fourth-order valence-electron chi connectivity index (χ4n) is 3.90. The van der Waals surface area contributed by atoms with Crippen LogP contribution in [-0.2, 0) is 32.6 Å². The lowest BCUT2D eigenvalue weighted by atomic mass is 10.0. The maximum absolute atomic E-state index is 13.9. The summed E-state index contributed by atoms with van der Waals surface area (Å²) in [5, 5.41) is 3.08. The van der Waals surface area contributed by atoms with Crippen LogP contribution in [0.2, 0.25) is 10.0 Å². The number of rotatable bonds is 11. The molecule has 0 fully saturated rings. The lowest BCUT2D eigenvalue weighted by molar-refractivity contribution is -0.140. The second-order valence-electron chi connectivity index (χ2n) is 8.61. The van der Waals surface area contributed by atoms with Crippen molar-refractivity contribution in [2.75, 3.05) is 23.7 Å². The van der Waals surface area contributed by atoms with Crippen molar-refractivity contribution in [2.24, 2.45) is 0 Å². The van der Waals surface area contributed by atoms with Gasteiger partial charge in [-0.25, -0.2) is 12.8 Å². The molecule has 0 saturated heterocycles. The summed E-state index contributed by atoms with van der Waals surface area (Å²) in [5.74, 6) is -1.50. The number of hydrogen-bond acceptors (Lipinski definition) is 4. The van der Waals surface area contributed by atoms with E-state index in [1.54, 1.807) is 6.92 Å². The molecule has 0 radical (unpaired) electrons. The third kappa shape index (κ3) is 7.93. The van der Waals surface area contributed by atoms with Gasteiger partial charge in [0.1, 0.15) is 18.4 Å². The molecule has 3 rings (SSSR count). The van der Waals surface area contributed by atoms with Crippen molar-refractivity contribution in [1.82, 2.24) is 10.2 Å². The highest BCUT2D eigenvalue weighted by molar-refractivity contribution is 7.92. The van der Waals surface area contributed by atoms with Crippen LogP contribution >= 0.6 is 23.2 Å². The molecule has 0 aromatic heterocycles. The Kier molecular flexibility index (Phi) is 10.1. The molecule has 3 aromatic carbocycles. The number of carbonyl (C=O) groups excluding carboxylic acids is 2. The van der Waals surface area contributed by atoms with Gasteiger partial charge >= 0.3 is 0 Å². The molecule has 38 heavy (non-hydrogen) atoms. The number of hydrogen-bond donors (Lipinski definition) is 1. The smallest absolute Gasteiger partial charge is 0.244 e.